The van der Waals surface area contributed by atoms with Gasteiger partial charge in [0.25, 0.3) is 5.91 Å². The van der Waals surface area contributed by atoms with Crippen molar-refractivity contribution in [2.75, 3.05) is 13.2 Å². The van der Waals surface area contributed by atoms with Gasteiger partial charge in [-0.05, 0) is 31.7 Å². The van der Waals surface area contributed by atoms with Crippen molar-refractivity contribution >= 4 is 23.8 Å². The SMILES string of the molecule is CCOC(=O)CCCCN1C(=O)NC(=O)C(CC)(c2ccccc2)C1=O. The summed E-state index contributed by atoms with van der Waals surface area (Å²) in [6.45, 7) is 3.95. The summed E-state index contributed by atoms with van der Waals surface area (Å²) >= 11 is 0. The number of nitrogens with zero attached hydrogens (tertiary/aromatic N) is 1. The first-order valence-electron chi connectivity index (χ1n) is 8.85. The molecule has 1 unspecified atom stereocenters. The molecule has 1 saturated heterocycles. The third kappa shape index (κ3) is 3.76. The first-order chi connectivity index (χ1) is 12.5. The molecule has 1 N–H and O–H groups in total. The van der Waals surface area contributed by atoms with Gasteiger partial charge in [-0.15, -0.1) is 0 Å². The van der Waals surface area contributed by atoms with Crippen LogP contribution in [0.4, 0.5) is 4.79 Å². The molecule has 140 valence electrons. The van der Waals surface area contributed by atoms with Crippen LogP contribution in [0.25, 0.3) is 0 Å². The average Bonchev–Trinajstić information content (AvgIpc) is 2.62. The van der Waals surface area contributed by atoms with Crippen molar-refractivity contribution in [2.24, 2.45) is 0 Å². The number of carbonyl (C=O) groups is 4. The molecule has 26 heavy (non-hydrogen) atoms. The number of amides is 4. The van der Waals surface area contributed by atoms with E-state index in [0.717, 1.165) is 4.90 Å². The Labute approximate surface area is 152 Å². The van der Waals surface area contributed by atoms with Crippen molar-refractivity contribution < 1.29 is 23.9 Å². The third-order valence-corrected chi connectivity index (χ3v) is 4.58. The van der Waals surface area contributed by atoms with Gasteiger partial charge < -0.3 is 4.74 Å². The summed E-state index contributed by atoms with van der Waals surface area (Å²) < 4.78 is 4.86. The van der Waals surface area contributed by atoms with E-state index in [1.165, 1.54) is 0 Å². The molecule has 7 heteroatoms. The molecule has 0 spiro atoms. The molecule has 4 amide bonds. The summed E-state index contributed by atoms with van der Waals surface area (Å²) in [5.41, 5.74) is -0.843. The molecule has 1 aliphatic heterocycles. The number of esters is 1. The lowest BCUT2D eigenvalue weighted by atomic mass is 9.74. The lowest BCUT2D eigenvalue weighted by Crippen LogP contribution is -2.65. The summed E-state index contributed by atoms with van der Waals surface area (Å²) in [5, 5.41) is 2.31. The number of carbonyl (C=O) groups excluding carboxylic acids is 4. The Morgan fingerprint density at radius 1 is 1.12 bits per heavy atom. The van der Waals surface area contributed by atoms with E-state index in [4.69, 9.17) is 4.74 Å². The Kier molecular flexibility index (Phi) is 6.49. The van der Waals surface area contributed by atoms with Crippen LogP contribution in [0.2, 0.25) is 0 Å². The van der Waals surface area contributed by atoms with Gasteiger partial charge in [0.15, 0.2) is 5.41 Å². The number of imide groups is 2. The lowest BCUT2D eigenvalue weighted by Gasteiger charge is -2.39. The van der Waals surface area contributed by atoms with Gasteiger partial charge in [0.05, 0.1) is 6.61 Å². The number of unbranched alkanes of at least 4 members (excludes halogenated alkanes) is 1. The number of benzene rings is 1. The van der Waals surface area contributed by atoms with Gasteiger partial charge in [0.2, 0.25) is 5.91 Å². The number of hydrogen-bond acceptors (Lipinski definition) is 5. The summed E-state index contributed by atoms with van der Waals surface area (Å²) in [5.74, 6) is -1.41. The van der Waals surface area contributed by atoms with E-state index >= 15 is 0 Å². The van der Waals surface area contributed by atoms with Gasteiger partial charge in [-0.25, -0.2) is 4.79 Å². The summed E-state index contributed by atoms with van der Waals surface area (Å²) in [4.78, 5) is 50.3. The molecule has 0 radical (unpaired) electrons. The van der Waals surface area contributed by atoms with Crippen LogP contribution in [0.5, 0.6) is 0 Å². The van der Waals surface area contributed by atoms with Crippen molar-refractivity contribution in [3.05, 3.63) is 35.9 Å². The third-order valence-electron chi connectivity index (χ3n) is 4.58. The number of hydrogen-bond donors (Lipinski definition) is 1. The molecule has 1 atom stereocenters. The van der Waals surface area contributed by atoms with E-state index in [2.05, 4.69) is 5.32 Å². The predicted molar refractivity (Wildman–Crippen MR) is 94.1 cm³/mol. The second-order valence-corrected chi connectivity index (χ2v) is 6.10. The molecule has 1 fully saturated rings. The Bertz CT molecular complexity index is 688. The molecule has 0 aromatic heterocycles. The first kappa shape index (κ1) is 19.6. The smallest absolute Gasteiger partial charge is 0.330 e. The van der Waals surface area contributed by atoms with Crippen molar-refractivity contribution in [3.63, 3.8) is 0 Å². The van der Waals surface area contributed by atoms with E-state index in [1.54, 1.807) is 44.2 Å². The van der Waals surface area contributed by atoms with Crippen LogP contribution in [0.1, 0.15) is 45.1 Å². The Hall–Kier alpha value is -2.70. The van der Waals surface area contributed by atoms with Crippen LogP contribution in [0, 0.1) is 0 Å². The van der Waals surface area contributed by atoms with Crippen LogP contribution in [0.3, 0.4) is 0 Å². The van der Waals surface area contributed by atoms with E-state index < -0.39 is 23.3 Å². The van der Waals surface area contributed by atoms with Crippen molar-refractivity contribution in [1.29, 1.82) is 0 Å². The zero-order valence-corrected chi connectivity index (χ0v) is 15.1. The number of nitrogens with one attached hydrogen (secondary N) is 1. The topological polar surface area (TPSA) is 92.8 Å². The molecule has 0 bridgehead atoms. The van der Waals surface area contributed by atoms with Gasteiger partial charge in [0, 0.05) is 13.0 Å². The van der Waals surface area contributed by atoms with Crippen LogP contribution < -0.4 is 5.32 Å². The van der Waals surface area contributed by atoms with Gasteiger partial charge >= 0.3 is 12.0 Å². The maximum atomic E-state index is 13.1. The summed E-state index contributed by atoms with van der Waals surface area (Å²) in [6, 6.07) is 8.04. The number of barbiturate groups is 1. The van der Waals surface area contributed by atoms with E-state index in [-0.39, 0.29) is 25.4 Å². The second kappa shape index (κ2) is 8.60. The quantitative estimate of drug-likeness (QED) is 0.436. The van der Waals surface area contributed by atoms with E-state index in [1.807, 2.05) is 0 Å². The zero-order chi connectivity index (χ0) is 19.2. The first-order valence-corrected chi connectivity index (χ1v) is 8.85. The lowest BCUT2D eigenvalue weighted by molar-refractivity contribution is -0.145. The van der Waals surface area contributed by atoms with Crippen LogP contribution in [-0.2, 0) is 24.5 Å². The Morgan fingerprint density at radius 2 is 1.81 bits per heavy atom. The predicted octanol–water partition coefficient (Wildman–Crippen LogP) is 2.15. The fourth-order valence-corrected chi connectivity index (χ4v) is 3.16. The second-order valence-electron chi connectivity index (χ2n) is 6.10. The van der Waals surface area contributed by atoms with Crippen molar-refractivity contribution in [1.82, 2.24) is 10.2 Å². The van der Waals surface area contributed by atoms with Gasteiger partial charge in [0.1, 0.15) is 0 Å². The van der Waals surface area contributed by atoms with E-state index in [9.17, 15) is 19.2 Å². The van der Waals surface area contributed by atoms with Crippen molar-refractivity contribution in [2.45, 2.75) is 44.9 Å². The molecule has 1 heterocycles. The molecule has 1 aromatic carbocycles. The fraction of sp³-hybridized carbons (Fsp3) is 0.474. The van der Waals surface area contributed by atoms with Crippen LogP contribution in [-0.4, -0.2) is 41.9 Å². The molecule has 0 aliphatic carbocycles. The number of ether oxygens (including phenoxy) is 1. The maximum Gasteiger partial charge on any atom is 0.330 e. The highest BCUT2D eigenvalue weighted by Gasteiger charge is 2.53. The van der Waals surface area contributed by atoms with Crippen LogP contribution in [0.15, 0.2) is 30.3 Å². The molecule has 1 aliphatic rings. The average molecular weight is 360 g/mol. The van der Waals surface area contributed by atoms with Gasteiger partial charge in [-0.2, -0.15) is 0 Å². The maximum absolute atomic E-state index is 13.1. The zero-order valence-electron chi connectivity index (χ0n) is 15.1. The summed E-state index contributed by atoms with van der Waals surface area (Å²) in [7, 11) is 0. The van der Waals surface area contributed by atoms with Crippen molar-refractivity contribution in [3.8, 4) is 0 Å². The molecular formula is C19H24N2O5. The molecule has 1 aromatic rings. The number of urea groups is 1. The normalized spacial score (nSPS) is 20.1. The fourth-order valence-electron chi connectivity index (χ4n) is 3.16. The minimum absolute atomic E-state index is 0.145. The standard InChI is InChI=1S/C19H24N2O5/c1-3-19(14-10-6-5-7-11-14)16(23)20-18(25)21(17(19)24)13-9-8-12-15(22)26-4-2/h5-7,10-11H,3-4,8-9,12-13H2,1-2H3,(H,20,23,25). The summed E-state index contributed by atoms with van der Waals surface area (Å²) in [6.07, 6.45) is 1.43. The molecule has 2 rings (SSSR count). The van der Waals surface area contributed by atoms with Gasteiger partial charge in [-0.3, -0.25) is 24.6 Å². The van der Waals surface area contributed by atoms with E-state index in [0.29, 0.717) is 25.0 Å². The molecular weight excluding hydrogens is 336 g/mol. The Balaban J connectivity index is 2.13. The highest BCUT2D eigenvalue weighted by atomic mass is 16.5. The minimum Gasteiger partial charge on any atom is -0.466 e. The number of rotatable bonds is 8. The molecule has 7 nitrogen and oxygen atoms in total. The highest BCUT2D eigenvalue weighted by molar-refractivity contribution is 6.22. The Morgan fingerprint density at radius 3 is 2.42 bits per heavy atom. The van der Waals surface area contributed by atoms with Crippen LogP contribution >= 0.6 is 0 Å². The minimum atomic E-state index is -1.41. The molecule has 0 saturated carbocycles. The van der Waals surface area contributed by atoms with Gasteiger partial charge in [-0.1, -0.05) is 37.3 Å². The monoisotopic (exact) mass is 360 g/mol. The largest absolute Gasteiger partial charge is 0.466 e. The highest BCUT2D eigenvalue weighted by Crippen LogP contribution is 2.33.